The topological polar surface area (TPSA) is 12.0 Å². The van der Waals surface area contributed by atoms with Crippen LogP contribution in [0.5, 0.6) is 0 Å². The molecule has 2 heteroatoms. The molecule has 1 N–H and O–H groups in total. The molecule has 0 aliphatic heterocycles. The molecule has 0 aliphatic rings. The van der Waals surface area contributed by atoms with E-state index in [1.165, 1.54) is 25.8 Å². The minimum absolute atomic E-state index is 0.875. The van der Waals surface area contributed by atoms with Crippen molar-refractivity contribution in [2.75, 3.05) is 11.1 Å². The van der Waals surface area contributed by atoms with Crippen molar-refractivity contribution in [3.05, 3.63) is 0 Å². The van der Waals surface area contributed by atoms with Crippen LogP contribution in [0.2, 0.25) is 0 Å². The second-order valence-corrected chi connectivity index (χ2v) is 3.79. The molecule has 0 saturated carbocycles. The van der Waals surface area contributed by atoms with E-state index in [2.05, 4.69) is 41.8 Å². The number of unbranched alkanes of at least 4 members (excludes halogenated alkanes) is 1. The van der Waals surface area contributed by atoms with Crippen molar-refractivity contribution in [3.8, 4) is 0 Å². The maximum Gasteiger partial charge on any atom is 0.0479 e. The van der Waals surface area contributed by atoms with Crippen LogP contribution in [0.25, 0.3) is 0 Å². The van der Waals surface area contributed by atoms with Crippen molar-refractivity contribution in [2.24, 2.45) is 5.92 Å². The van der Waals surface area contributed by atoms with E-state index in [1.807, 2.05) is 0 Å². The Labute approximate surface area is 78.1 Å². The van der Waals surface area contributed by atoms with E-state index in [9.17, 15) is 0 Å². The fourth-order valence-corrected chi connectivity index (χ4v) is 1.25. The van der Waals surface area contributed by atoms with Gasteiger partial charge in [-0.1, -0.05) is 49.3 Å². The van der Waals surface area contributed by atoms with Crippen LogP contribution in [-0.4, -0.2) is 11.1 Å². The molecule has 0 spiro atoms. The summed E-state index contributed by atoms with van der Waals surface area (Å²) in [5.41, 5.74) is 0. The Morgan fingerprint density at radius 1 is 1.30 bits per heavy atom. The van der Waals surface area contributed by atoms with Crippen LogP contribution in [0.1, 0.15) is 33.1 Å². The smallest absolute Gasteiger partial charge is 0.0479 e. The SMILES string of the molecule is CC(C)CCCCNCI. The van der Waals surface area contributed by atoms with Crippen LogP contribution >= 0.6 is 22.6 Å². The third-order valence-electron chi connectivity index (χ3n) is 1.48. The molecule has 0 aromatic rings. The number of nitrogens with one attached hydrogen (secondary N) is 1. The summed E-state index contributed by atoms with van der Waals surface area (Å²) < 4.78 is 1.08. The molecule has 0 rings (SSSR count). The van der Waals surface area contributed by atoms with Gasteiger partial charge < -0.3 is 5.32 Å². The number of rotatable bonds is 6. The minimum Gasteiger partial charge on any atom is -0.308 e. The van der Waals surface area contributed by atoms with E-state index >= 15 is 0 Å². The van der Waals surface area contributed by atoms with Gasteiger partial charge in [0.1, 0.15) is 0 Å². The lowest BCUT2D eigenvalue weighted by Crippen LogP contribution is -2.11. The highest BCUT2D eigenvalue weighted by Crippen LogP contribution is 2.04. The molecule has 0 radical (unpaired) electrons. The van der Waals surface area contributed by atoms with Crippen LogP contribution in [0.3, 0.4) is 0 Å². The number of halogens is 1. The van der Waals surface area contributed by atoms with Gasteiger partial charge in [-0.15, -0.1) is 0 Å². The van der Waals surface area contributed by atoms with Crippen LogP contribution < -0.4 is 5.32 Å². The predicted molar refractivity (Wildman–Crippen MR) is 55.6 cm³/mol. The highest BCUT2D eigenvalue weighted by atomic mass is 127. The van der Waals surface area contributed by atoms with Crippen LogP contribution in [0.15, 0.2) is 0 Å². The van der Waals surface area contributed by atoms with Crippen molar-refractivity contribution in [1.82, 2.24) is 5.32 Å². The van der Waals surface area contributed by atoms with Gasteiger partial charge in [-0.3, -0.25) is 0 Å². The molecule has 0 unspecified atom stereocenters. The zero-order valence-electron chi connectivity index (χ0n) is 6.99. The van der Waals surface area contributed by atoms with Crippen LogP contribution in [-0.2, 0) is 0 Å². The predicted octanol–water partition coefficient (Wildman–Crippen LogP) is 2.79. The lowest BCUT2D eigenvalue weighted by molar-refractivity contribution is 0.530. The first-order chi connectivity index (χ1) is 4.77. The summed E-state index contributed by atoms with van der Waals surface area (Å²) in [4.78, 5) is 0. The van der Waals surface area contributed by atoms with E-state index in [0.717, 1.165) is 10.5 Å². The zero-order chi connectivity index (χ0) is 7.82. The van der Waals surface area contributed by atoms with Gasteiger partial charge >= 0.3 is 0 Å². The van der Waals surface area contributed by atoms with Gasteiger partial charge in [-0.2, -0.15) is 0 Å². The molecule has 0 atom stereocenters. The Morgan fingerprint density at radius 2 is 2.00 bits per heavy atom. The molecule has 0 aromatic carbocycles. The largest absolute Gasteiger partial charge is 0.308 e. The van der Waals surface area contributed by atoms with Crippen molar-refractivity contribution >= 4 is 22.6 Å². The fraction of sp³-hybridized carbons (Fsp3) is 1.00. The molecule has 0 aliphatic carbocycles. The Hall–Kier alpha value is 0.690. The number of alkyl halides is 1. The first kappa shape index (κ1) is 10.7. The van der Waals surface area contributed by atoms with E-state index < -0.39 is 0 Å². The molecule has 0 heterocycles. The van der Waals surface area contributed by atoms with Gasteiger partial charge in [0.25, 0.3) is 0 Å². The second-order valence-electron chi connectivity index (χ2n) is 3.02. The van der Waals surface area contributed by atoms with Crippen molar-refractivity contribution in [3.63, 3.8) is 0 Å². The summed E-state index contributed by atoms with van der Waals surface area (Å²) in [7, 11) is 0. The van der Waals surface area contributed by atoms with Crippen molar-refractivity contribution in [1.29, 1.82) is 0 Å². The van der Waals surface area contributed by atoms with E-state index in [0.29, 0.717) is 0 Å². The summed E-state index contributed by atoms with van der Waals surface area (Å²) in [6.45, 7) is 5.76. The third kappa shape index (κ3) is 8.69. The van der Waals surface area contributed by atoms with Gasteiger partial charge in [-0.25, -0.2) is 0 Å². The zero-order valence-corrected chi connectivity index (χ0v) is 9.15. The van der Waals surface area contributed by atoms with Gasteiger partial charge in [-0.05, 0) is 18.9 Å². The monoisotopic (exact) mass is 255 g/mol. The summed E-state index contributed by atoms with van der Waals surface area (Å²) in [6.07, 6.45) is 4.09. The first-order valence-corrected chi connectivity index (χ1v) is 5.56. The second kappa shape index (κ2) is 7.79. The molecule has 62 valence electrons. The molecule has 0 bridgehead atoms. The summed E-state index contributed by atoms with van der Waals surface area (Å²) in [6, 6.07) is 0. The molecular weight excluding hydrogens is 237 g/mol. The Balaban J connectivity index is 2.77. The molecule has 0 fully saturated rings. The first-order valence-electron chi connectivity index (χ1n) is 4.04. The quantitative estimate of drug-likeness (QED) is 0.333. The number of hydrogen-bond acceptors (Lipinski definition) is 1. The van der Waals surface area contributed by atoms with Gasteiger partial charge in [0, 0.05) is 4.55 Å². The minimum atomic E-state index is 0.875. The standard InChI is InChI=1S/C8H18IN/c1-8(2)5-3-4-6-10-7-9/h8,10H,3-7H2,1-2H3. The highest BCUT2D eigenvalue weighted by Gasteiger charge is 1.92. The maximum atomic E-state index is 3.31. The lowest BCUT2D eigenvalue weighted by Gasteiger charge is -2.03. The summed E-state index contributed by atoms with van der Waals surface area (Å²) >= 11 is 2.34. The number of hydrogen-bond donors (Lipinski definition) is 1. The fourth-order valence-electron chi connectivity index (χ4n) is 0.869. The Kier molecular flexibility index (Phi) is 8.33. The normalized spacial score (nSPS) is 10.8. The summed E-state index contributed by atoms with van der Waals surface area (Å²) in [5.74, 6) is 0.875. The lowest BCUT2D eigenvalue weighted by atomic mass is 10.1. The van der Waals surface area contributed by atoms with Crippen LogP contribution in [0, 0.1) is 5.92 Å². The van der Waals surface area contributed by atoms with Crippen molar-refractivity contribution in [2.45, 2.75) is 33.1 Å². The van der Waals surface area contributed by atoms with Gasteiger partial charge in [0.15, 0.2) is 0 Å². The van der Waals surface area contributed by atoms with Crippen LogP contribution in [0.4, 0.5) is 0 Å². The van der Waals surface area contributed by atoms with E-state index in [-0.39, 0.29) is 0 Å². The summed E-state index contributed by atoms with van der Waals surface area (Å²) in [5, 5.41) is 3.31. The molecule has 0 amide bonds. The average Bonchev–Trinajstić information content (AvgIpc) is 1.87. The Bertz CT molecular complexity index is 64.3. The molecule has 1 nitrogen and oxygen atoms in total. The molecule has 10 heavy (non-hydrogen) atoms. The molecule has 0 aromatic heterocycles. The Morgan fingerprint density at radius 3 is 2.50 bits per heavy atom. The van der Waals surface area contributed by atoms with E-state index in [4.69, 9.17) is 0 Å². The molecular formula is C8H18IN. The highest BCUT2D eigenvalue weighted by molar-refractivity contribution is 14.1. The van der Waals surface area contributed by atoms with Crippen molar-refractivity contribution < 1.29 is 0 Å². The average molecular weight is 255 g/mol. The third-order valence-corrected chi connectivity index (χ3v) is 2.02. The van der Waals surface area contributed by atoms with Gasteiger partial charge in [0.2, 0.25) is 0 Å². The molecule has 0 saturated heterocycles. The van der Waals surface area contributed by atoms with Gasteiger partial charge in [0.05, 0.1) is 0 Å². The maximum absolute atomic E-state index is 3.31. The van der Waals surface area contributed by atoms with E-state index in [1.54, 1.807) is 0 Å².